The normalized spacial score (nSPS) is 22.3. The summed E-state index contributed by atoms with van der Waals surface area (Å²) in [6.45, 7) is 2.36. The summed E-state index contributed by atoms with van der Waals surface area (Å²) in [5, 5.41) is 0. The van der Waals surface area contributed by atoms with Crippen molar-refractivity contribution in [2.24, 2.45) is 11.8 Å². The Balaban J connectivity index is 1.96. The number of ether oxygens (including phenoxy) is 1. The van der Waals surface area contributed by atoms with Crippen LogP contribution in [0.1, 0.15) is 30.1 Å². The summed E-state index contributed by atoms with van der Waals surface area (Å²) in [5.41, 5.74) is -0.222. The van der Waals surface area contributed by atoms with E-state index in [0.717, 1.165) is 25.0 Å². The summed E-state index contributed by atoms with van der Waals surface area (Å²) in [7, 11) is 0. The van der Waals surface area contributed by atoms with E-state index >= 15 is 0 Å². The molecule has 0 aliphatic heterocycles. The minimum Gasteiger partial charge on any atom is -0.462 e. The lowest BCUT2D eigenvalue weighted by Gasteiger charge is -2.24. The van der Waals surface area contributed by atoms with Gasteiger partial charge < -0.3 is 4.74 Å². The first-order chi connectivity index (χ1) is 9.08. The molecule has 0 amide bonds. The molecule has 1 aliphatic carbocycles. The zero-order valence-electron chi connectivity index (χ0n) is 10.7. The van der Waals surface area contributed by atoms with Crippen LogP contribution in [0, 0.1) is 23.5 Å². The van der Waals surface area contributed by atoms with Crippen LogP contribution in [-0.2, 0) is 4.74 Å². The highest BCUT2D eigenvalue weighted by atomic mass is 19.1. The van der Waals surface area contributed by atoms with Crippen molar-refractivity contribution >= 4 is 5.97 Å². The lowest BCUT2D eigenvalue weighted by molar-refractivity contribution is 0.0390. The highest BCUT2D eigenvalue weighted by Crippen LogP contribution is 2.25. The number of rotatable bonds is 3. The van der Waals surface area contributed by atoms with Crippen LogP contribution in [0.5, 0.6) is 0 Å². The fourth-order valence-corrected chi connectivity index (χ4v) is 2.15. The Morgan fingerprint density at radius 2 is 2.05 bits per heavy atom. The maximum atomic E-state index is 13.4. The molecular formula is C15H16F2O2. The molecule has 2 rings (SSSR count). The minimum absolute atomic E-state index is 0.222. The van der Waals surface area contributed by atoms with Crippen molar-refractivity contribution in [3.63, 3.8) is 0 Å². The molecule has 0 saturated heterocycles. The number of hydrogen-bond donors (Lipinski definition) is 0. The molecule has 19 heavy (non-hydrogen) atoms. The third-order valence-electron chi connectivity index (χ3n) is 3.50. The van der Waals surface area contributed by atoms with Crippen molar-refractivity contribution in [1.29, 1.82) is 0 Å². The Hall–Kier alpha value is -1.71. The highest BCUT2D eigenvalue weighted by Gasteiger charge is 2.21. The van der Waals surface area contributed by atoms with E-state index in [-0.39, 0.29) is 18.1 Å². The van der Waals surface area contributed by atoms with Gasteiger partial charge in [0.2, 0.25) is 0 Å². The van der Waals surface area contributed by atoms with E-state index < -0.39 is 17.6 Å². The molecule has 0 N–H and O–H groups in total. The summed E-state index contributed by atoms with van der Waals surface area (Å²) < 4.78 is 31.3. The summed E-state index contributed by atoms with van der Waals surface area (Å²) in [6, 6.07) is 2.84. The van der Waals surface area contributed by atoms with Crippen molar-refractivity contribution in [1.82, 2.24) is 0 Å². The Labute approximate surface area is 111 Å². The molecule has 0 bridgehead atoms. The van der Waals surface area contributed by atoms with E-state index in [1.165, 1.54) is 0 Å². The third-order valence-corrected chi connectivity index (χ3v) is 3.50. The lowest BCUT2D eigenvalue weighted by atomic mass is 9.85. The van der Waals surface area contributed by atoms with Gasteiger partial charge in [-0.1, -0.05) is 19.1 Å². The quantitative estimate of drug-likeness (QED) is 0.615. The van der Waals surface area contributed by atoms with E-state index in [9.17, 15) is 13.6 Å². The fraction of sp³-hybridized carbons (Fsp3) is 0.400. The van der Waals surface area contributed by atoms with Gasteiger partial charge in [-0.25, -0.2) is 13.6 Å². The van der Waals surface area contributed by atoms with Crippen LogP contribution < -0.4 is 0 Å². The summed E-state index contributed by atoms with van der Waals surface area (Å²) in [4.78, 5) is 11.7. The molecule has 4 heteroatoms. The Kier molecular flexibility index (Phi) is 4.30. The molecule has 0 radical (unpaired) electrons. The topological polar surface area (TPSA) is 26.3 Å². The van der Waals surface area contributed by atoms with Gasteiger partial charge in [-0.05, 0) is 36.8 Å². The maximum Gasteiger partial charge on any atom is 0.341 e. The monoisotopic (exact) mass is 266 g/mol. The van der Waals surface area contributed by atoms with Crippen molar-refractivity contribution < 1.29 is 18.3 Å². The summed E-state index contributed by atoms with van der Waals surface area (Å²) in [5.74, 6) is -1.63. The highest BCUT2D eigenvalue weighted by molar-refractivity contribution is 5.89. The van der Waals surface area contributed by atoms with Gasteiger partial charge in [0.05, 0.1) is 12.2 Å². The average molecular weight is 266 g/mol. The number of halogens is 2. The van der Waals surface area contributed by atoms with E-state index in [0.29, 0.717) is 12.0 Å². The number of carbonyl (C=O) groups excluding carboxylic acids is 1. The molecule has 102 valence electrons. The maximum absolute atomic E-state index is 13.4. The van der Waals surface area contributed by atoms with Crippen LogP contribution in [0.2, 0.25) is 0 Å². The molecule has 0 heterocycles. The van der Waals surface area contributed by atoms with Crippen LogP contribution >= 0.6 is 0 Å². The van der Waals surface area contributed by atoms with Gasteiger partial charge in [0.15, 0.2) is 0 Å². The van der Waals surface area contributed by atoms with Gasteiger partial charge in [-0.3, -0.25) is 0 Å². The second kappa shape index (κ2) is 5.95. The molecule has 0 spiro atoms. The first-order valence-corrected chi connectivity index (χ1v) is 6.35. The molecule has 2 unspecified atom stereocenters. The smallest absolute Gasteiger partial charge is 0.341 e. The van der Waals surface area contributed by atoms with Crippen molar-refractivity contribution in [3.05, 3.63) is 47.5 Å². The predicted molar refractivity (Wildman–Crippen MR) is 67.7 cm³/mol. The van der Waals surface area contributed by atoms with E-state index in [1.54, 1.807) is 0 Å². The second-order valence-electron chi connectivity index (χ2n) is 4.90. The SMILES string of the molecule is CC1CC=CCC1COC(=O)c1ccc(F)cc1F. The van der Waals surface area contributed by atoms with Gasteiger partial charge in [0.25, 0.3) is 0 Å². The molecule has 2 atom stereocenters. The van der Waals surface area contributed by atoms with E-state index in [1.807, 2.05) is 0 Å². The van der Waals surface area contributed by atoms with Crippen molar-refractivity contribution in [3.8, 4) is 0 Å². The molecule has 2 nitrogen and oxygen atoms in total. The van der Waals surface area contributed by atoms with Crippen molar-refractivity contribution in [2.75, 3.05) is 6.61 Å². The largest absolute Gasteiger partial charge is 0.462 e. The molecule has 0 saturated carbocycles. The minimum atomic E-state index is -0.887. The van der Waals surface area contributed by atoms with Crippen molar-refractivity contribution in [2.45, 2.75) is 19.8 Å². The van der Waals surface area contributed by atoms with Crippen LogP contribution in [-0.4, -0.2) is 12.6 Å². The standard InChI is InChI=1S/C15H16F2O2/c1-10-4-2-3-5-11(10)9-19-15(18)13-7-6-12(16)8-14(13)17/h2-3,6-8,10-11H,4-5,9H2,1H3. The van der Waals surface area contributed by atoms with Crippen LogP contribution in [0.3, 0.4) is 0 Å². The number of hydrogen-bond acceptors (Lipinski definition) is 2. The molecule has 0 aromatic heterocycles. The number of allylic oxidation sites excluding steroid dienone is 2. The average Bonchev–Trinajstić information content (AvgIpc) is 2.37. The molecule has 1 aromatic rings. The Bertz CT molecular complexity index is 497. The Morgan fingerprint density at radius 3 is 2.74 bits per heavy atom. The fourth-order valence-electron chi connectivity index (χ4n) is 2.15. The van der Waals surface area contributed by atoms with Crippen LogP contribution in [0.4, 0.5) is 8.78 Å². The van der Waals surface area contributed by atoms with Gasteiger partial charge in [0.1, 0.15) is 11.6 Å². The zero-order valence-corrected chi connectivity index (χ0v) is 10.7. The zero-order chi connectivity index (χ0) is 13.8. The van der Waals surface area contributed by atoms with E-state index in [2.05, 4.69) is 19.1 Å². The molecular weight excluding hydrogens is 250 g/mol. The number of carbonyl (C=O) groups is 1. The van der Waals surface area contributed by atoms with Gasteiger partial charge in [-0.15, -0.1) is 0 Å². The third kappa shape index (κ3) is 3.40. The van der Waals surface area contributed by atoms with E-state index in [4.69, 9.17) is 4.74 Å². The second-order valence-corrected chi connectivity index (χ2v) is 4.90. The van der Waals surface area contributed by atoms with Crippen LogP contribution in [0.15, 0.2) is 30.4 Å². The van der Waals surface area contributed by atoms with Crippen LogP contribution in [0.25, 0.3) is 0 Å². The first-order valence-electron chi connectivity index (χ1n) is 6.35. The molecule has 1 aromatic carbocycles. The number of benzene rings is 1. The summed E-state index contributed by atoms with van der Waals surface area (Å²) in [6.07, 6.45) is 6.01. The van der Waals surface area contributed by atoms with Gasteiger partial charge in [-0.2, -0.15) is 0 Å². The number of esters is 1. The van der Waals surface area contributed by atoms with Gasteiger partial charge in [0, 0.05) is 6.07 Å². The molecule has 1 aliphatic rings. The first kappa shape index (κ1) is 13.7. The van der Waals surface area contributed by atoms with Gasteiger partial charge >= 0.3 is 5.97 Å². The predicted octanol–water partition coefficient (Wildman–Crippen LogP) is 3.72. The molecule has 0 fully saturated rings. The Morgan fingerprint density at radius 1 is 1.32 bits per heavy atom. The lowest BCUT2D eigenvalue weighted by Crippen LogP contribution is -2.22. The summed E-state index contributed by atoms with van der Waals surface area (Å²) >= 11 is 0.